The largest absolute Gasteiger partial charge is 0.453 e. The van der Waals surface area contributed by atoms with Gasteiger partial charge in [-0.05, 0) is 64.8 Å². The minimum Gasteiger partial charge on any atom is -0.453 e. The lowest BCUT2D eigenvalue weighted by Gasteiger charge is -2.11. The van der Waals surface area contributed by atoms with Crippen LogP contribution < -0.4 is 10.1 Å². The average Bonchev–Trinajstić information content (AvgIpc) is 2.46. The zero-order chi connectivity index (χ0) is 15.2. The molecular formula is C16H16Br2FNO. The van der Waals surface area contributed by atoms with Crippen molar-refractivity contribution in [2.24, 2.45) is 0 Å². The zero-order valence-corrected chi connectivity index (χ0v) is 14.8. The summed E-state index contributed by atoms with van der Waals surface area (Å²) in [4.78, 5) is 0. The molecule has 2 rings (SSSR count). The average molecular weight is 417 g/mol. The minimum absolute atomic E-state index is 0.196. The summed E-state index contributed by atoms with van der Waals surface area (Å²) < 4.78 is 20.9. The van der Waals surface area contributed by atoms with Crippen LogP contribution in [-0.2, 0) is 6.54 Å². The molecule has 0 radical (unpaired) electrons. The Balaban J connectivity index is 2.12. The van der Waals surface area contributed by atoms with Crippen molar-refractivity contribution in [1.82, 2.24) is 5.32 Å². The summed E-state index contributed by atoms with van der Waals surface area (Å²) in [5.74, 6) is 0.395. The van der Waals surface area contributed by atoms with Gasteiger partial charge in [-0.3, -0.25) is 0 Å². The van der Waals surface area contributed by atoms with E-state index in [1.807, 2.05) is 18.2 Å². The lowest BCUT2D eigenvalue weighted by atomic mass is 10.2. The normalized spacial score (nSPS) is 10.7. The van der Waals surface area contributed by atoms with Gasteiger partial charge < -0.3 is 10.1 Å². The maximum absolute atomic E-state index is 13.7. The van der Waals surface area contributed by atoms with E-state index in [9.17, 15) is 4.39 Å². The summed E-state index contributed by atoms with van der Waals surface area (Å²) in [7, 11) is 0. The smallest absolute Gasteiger partial charge is 0.165 e. The first kappa shape index (κ1) is 16.5. The molecule has 2 aromatic rings. The molecule has 1 N–H and O–H groups in total. The maximum atomic E-state index is 13.7. The van der Waals surface area contributed by atoms with E-state index in [1.54, 1.807) is 12.1 Å². The SMILES string of the molecule is CCCNCc1ccc(Oc2cc(Br)ccc2F)c(Br)c1. The van der Waals surface area contributed by atoms with Gasteiger partial charge in [-0.15, -0.1) is 0 Å². The fourth-order valence-corrected chi connectivity index (χ4v) is 2.67. The number of nitrogens with one attached hydrogen (secondary N) is 1. The van der Waals surface area contributed by atoms with Gasteiger partial charge in [-0.1, -0.05) is 28.9 Å². The Kier molecular flexibility index (Phi) is 6.21. The highest BCUT2D eigenvalue weighted by Crippen LogP contribution is 2.33. The number of halogens is 3. The van der Waals surface area contributed by atoms with Gasteiger partial charge in [-0.25, -0.2) is 4.39 Å². The molecule has 0 fully saturated rings. The van der Waals surface area contributed by atoms with Crippen LogP contribution in [0.3, 0.4) is 0 Å². The Morgan fingerprint density at radius 3 is 2.62 bits per heavy atom. The standard InChI is InChI=1S/C16H16Br2FNO/c1-2-7-20-10-11-3-6-15(13(18)8-11)21-16-9-12(17)4-5-14(16)19/h3-6,8-9,20H,2,7,10H2,1H3. The highest BCUT2D eigenvalue weighted by atomic mass is 79.9. The molecule has 21 heavy (non-hydrogen) atoms. The minimum atomic E-state index is -0.390. The Bertz CT molecular complexity index is 619. The van der Waals surface area contributed by atoms with Crippen LogP contribution in [0.5, 0.6) is 11.5 Å². The second-order valence-electron chi connectivity index (χ2n) is 4.62. The summed E-state index contributed by atoms with van der Waals surface area (Å²) >= 11 is 6.78. The molecule has 0 bridgehead atoms. The maximum Gasteiger partial charge on any atom is 0.165 e. The molecule has 0 heterocycles. The van der Waals surface area contributed by atoms with Crippen LogP contribution >= 0.6 is 31.9 Å². The van der Waals surface area contributed by atoms with Crippen LogP contribution in [-0.4, -0.2) is 6.54 Å². The topological polar surface area (TPSA) is 21.3 Å². The molecule has 112 valence electrons. The number of rotatable bonds is 6. The van der Waals surface area contributed by atoms with E-state index >= 15 is 0 Å². The first-order chi connectivity index (χ1) is 10.1. The van der Waals surface area contributed by atoms with Gasteiger partial charge in [0.05, 0.1) is 4.47 Å². The number of benzene rings is 2. The Labute approximate surface area is 141 Å². The van der Waals surface area contributed by atoms with Crippen molar-refractivity contribution < 1.29 is 9.13 Å². The van der Waals surface area contributed by atoms with Gasteiger partial charge in [0.2, 0.25) is 0 Å². The summed E-state index contributed by atoms with van der Waals surface area (Å²) in [6, 6.07) is 10.4. The molecule has 0 aliphatic heterocycles. The summed E-state index contributed by atoms with van der Waals surface area (Å²) in [6.45, 7) is 3.92. The first-order valence-electron chi connectivity index (χ1n) is 6.72. The fraction of sp³-hybridized carbons (Fsp3) is 0.250. The monoisotopic (exact) mass is 415 g/mol. The molecule has 2 nitrogen and oxygen atoms in total. The van der Waals surface area contributed by atoms with Crippen LogP contribution in [0.4, 0.5) is 4.39 Å². The predicted octanol–water partition coefficient (Wildman–Crippen LogP) is 5.64. The number of hydrogen-bond donors (Lipinski definition) is 1. The van der Waals surface area contributed by atoms with Crippen molar-refractivity contribution in [2.45, 2.75) is 19.9 Å². The van der Waals surface area contributed by atoms with Crippen molar-refractivity contribution >= 4 is 31.9 Å². The highest BCUT2D eigenvalue weighted by molar-refractivity contribution is 9.10. The highest BCUT2D eigenvalue weighted by Gasteiger charge is 2.09. The molecule has 0 atom stereocenters. The summed E-state index contributed by atoms with van der Waals surface area (Å²) in [6.07, 6.45) is 1.10. The molecule has 0 saturated carbocycles. The van der Waals surface area contributed by atoms with Gasteiger partial charge in [0.25, 0.3) is 0 Å². The van der Waals surface area contributed by atoms with Crippen LogP contribution in [0, 0.1) is 5.82 Å². The van der Waals surface area contributed by atoms with Gasteiger partial charge in [-0.2, -0.15) is 0 Å². The van der Waals surface area contributed by atoms with E-state index in [1.165, 1.54) is 6.07 Å². The van der Waals surface area contributed by atoms with E-state index in [0.29, 0.717) is 5.75 Å². The van der Waals surface area contributed by atoms with E-state index in [2.05, 4.69) is 44.1 Å². The molecule has 0 saturated heterocycles. The molecule has 0 aliphatic carbocycles. The van der Waals surface area contributed by atoms with Crippen LogP contribution in [0.25, 0.3) is 0 Å². The van der Waals surface area contributed by atoms with Crippen LogP contribution in [0.1, 0.15) is 18.9 Å². The lowest BCUT2D eigenvalue weighted by molar-refractivity contribution is 0.439. The molecule has 0 spiro atoms. The Hall–Kier alpha value is -0.910. The number of ether oxygens (including phenoxy) is 1. The second-order valence-corrected chi connectivity index (χ2v) is 6.39. The zero-order valence-electron chi connectivity index (χ0n) is 11.6. The quantitative estimate of drug-likeness (QED) is 0.615. The van der Waals surface area contributed by atoms with Crippen molar-refractivity contribution in [3.05, 3.63) is 56.7 Å². The van der Waals surface area contributed by atoms with Gasteiger partial charge in [0.1, 0.15) is 5.75 Å². The molecule has 0 amide bonds. The van der Waals surface area contributed by atoms with Gasteiger partial charge >= 0.3 is 0 Å². The molecule has 0 unspecified atom stereocenters. The Morgan fingerprint density at radius 1 is 1.10 bits per heavy atom. The summed E-state index contributed by atoms with van der Waals surface area (Å²) in [5, 5.41) is 3.34. The molecular weight excluding hydrogens is 401 g/mol. The lowest BCUT2D eigenvalue weighted by Crippen LogP contribution is -2.13. The predicted molar refractivity (Wildman–Crippen MR) is 90.3 cm³/mol. The first-order valence-corrected chi connectivity index (χ1v) is 8.31. The third kappa shape index (κ3) is 4.80. The molecule has 0 aliphatic rings. The summed E-state index contributed by atoms with van der Waals surface area (Å²) in [5.41, 5.74) is 1.15. The van der Waals surface area contributed by atoms with Gasteiger partial charge in [0.15, 0.2) is 11.6 Å². The molecule has 0 aromatic heterocycles. The fourth-order valence-electron chi connectivity index (χ4n) is 1.82. The third-order valence-corrected chi connectivity index (χ3v) is 3.98. The van der Waals surface area contributed by atoms with E-state index < -0.39 is 5.82 Å². The van der Waals surface area contributed by atoms with E-state index in [4.69, 9.17) is 4.74 Å². The third-order valence-electron chi connectivity index (χ3n) is 2.87. The molecule has 5 heteroatoms. The Morgan fingerprint density at radius 2 is 1.90 bits per heavy atom. The van der Waals surface area contributed by atoms with Crippen molar-refractivity contribution in [3.63, 3.8) is 0 Å². The van der Waals surface area contributed by atoms with Crippen molar-refractivity contribution in [2.75, 3.05) is 6.54 Å². The van der Waals surface area contributed by atoms with Crippen molar-refractivity contribution in [1.29, 1.82) is 0 Å². The van der Waals surface area contributed by atoms with E-state index in [0.717, 1.165) is 34.0 Å². The van der Waals surface area contributed by atoms with Crippen LogP contribution in [0.2, 0.25) is 0 Å². The van der Waals surface area contributed by atoms with Crippen molar-refractivity contribution in [3.8, 4) is 11.5 Å². The van der Waals surface area contributed by atoms with Crippen LogP contribution in [0.15, 0.2) is 45.3 Å². The number of hydrogen-bond acceptors (Lipinski definition) is 2. The molecule has 2 aromatic carbocycles. The van der Waals surface area contributed by atoms with Gasteiger partial charge in [0, 0.05) is 11.0 Å². The second kappa shape index (κ2) is 7.92. The van der Waals surface area contributed by atoms with E-state index in [-0.39, 0.29) is 5.75 Å².